The second-order valence-electron chi connectivity index (χ2n) is 21.6. The molecule has 0 spiro atoms. The third-order valence-electron chi connectivity index (χ3n) is 14.9. The van der Waals surface area contributed by atoms with E-state index in [1.54, 1.807) is 6.08 Å². The molecule has 10 heteroatoms. The SMILES string of the molecule is CCCCCCCC/C=C/CC/C=C/C(O)C(COC1OC(CO)C(O)C(O)C1O)NC(=O)C(O)CCCCCCCCCCCCCCCCCCCCCCCCCCCCCCCCCCCC. The Hall–Kier alpha value is -1.37. The van der Waals surface area contributed by atoms with Gasteiger partial charge in [-0.15, -0.1) is 0 Å². The van der Waals surface area contributed by atoms with Crippen molar-refractivity contribution in [2.75, 3.05) is 13.2 Å². The third-order valence-corrected chi connectivity index (χ3v) is 14.9. The van der Waals surface area contributed by atoms with Crippen LogP contribution < -0.4 is 5.32 Å². The summed E-state index contributed by atoms with van der Waals surface area (Å²) in [6, 6.07) is -0.993. The molecule has 1 amide bonds. The van der Waals surface area contributed by atoms with Crippen LogP contribution in [0.1, 0.15) is 296 Å². The molecule has 1 heterocycles. The molecule has 8 unspecified atom stereocenters. The Morgan fingerprint density at radius 3 is 1.23 bits per heavy atom. The predicted octanol–water partition coefficient (Wildman–Crippen LogP) is 14.3. The van der Waals surface area contributed by atoms with E-state index < -0.39 is 61.5 Å². The number of unbranched alkanes of at least 4 members (excludes halogenated alkanes) is 40. The number of allylic oxidation sites excluding steroid dienone is 3. The summed E-state index contributed by atoms with van der Waals surface area (Å²) >= 11 is 0. The van der Waals surface area contributed by atoms with Crippen LogP contribution in [0.4, 0.5) is 0 Å². The van der Waals surface area contributed by atoms with E-state index in [0.717, 1.165) is 38.5 Å². The zero-order valence-electron chi connectivity index (χ0n) is 46.4. The molecule has 0 aromatic heterocycles. The molecule has 420 valence electrons. The largest absolute Gasteiger partial charge is 0.394 e. The van der Waals surface area contributed by atoms with E-state index in [4.69, 9.17) is 9.47 Å². The number of nitrogens with one attached hydrogen (secondary N) is 1. The molecule has 0 radical (unpaired) electrons. The van der Waals surface area contributed by atoms with Gasteiger partial charge in [-0.3, -0.25) is 4.79 Å². The zero-order valence-corrected chi connectivity index (χ0v) is 46.4. The van der Waals surface area contributed by atoms with E-state index >= 15 is 0 Å². The van der Waals surface area contributed by atoms with E-state index in [1.165, 1.54) is 231 Å². The topological polar surface area (TPSA) is 169 Å². The summed E-state index contributed by atoms with van der Waals surface area (Å²) in [7, 11) is 0. The van der Waals surface area contributed by atoms with E-state index in [2.05, 4.69) is 31.3 Å². The van der Waals surface area contributed by atoms with Crippen molar-refractivity contribution in [1.82, 2.24) is 5.32 Å². The molecule has 1 saturated heterocycles. The molecule has 7 N–H and O–H groups in total. The molecule has 0 saturated carbocycles. The van der Waals surface area contributed by atoms with Crippen molar-refractivity contribution >= 4 is 5.91 Å². The molecule has 71 heavy (non-hydrogen) atoms. The maximum atomic E-state index is 13.1. The van der Waals surface area contributed by atoms with Crippen LogP contribution in [0.2, 0.25) is 0 Å². The second-order valence-corrected chi connectivity index (χ2v) is 21.6. The Kier molecular flexibility index (Phi) is 48.4. The predicted molar refractivity (Wildman–Crippen MR) is 296 cm³/mol. The highest BCUT2D eigenvalue weighted by molar-refractivity contribution is 5.80. The fourth-order valence-corrected chi connectivity index (χ4v) is 9.95. The molecule has 1 rings (SSSR count). The molecule has 0 aromatic rings. The first-order valence-corrected chi connectivity index (χ1v) is 30.7. The first kappa shape index (κ1) is 67.6. The summed E-state index contributed by atoms with van der Waals surface area (Å²) in [5.74, 6) is -0.622. The maximum absolute atomic E-state index is 13.1. The van der Waals surface area contributed by atoms with Crippen molar-refractivity contribution in [3.05, 3.63) is 24.3 Å². The van der Waals surface area contributed by atoms with Crippen LogP contribution >= 0.6 is 0 Å². The Bertz CT molecular complexity index is 1190. The van der Waals surface area contributed by atoms with E-state index in [0.29, 0.717) is 12.8 Å². The molecular formula is C61H117NO9. The summed E-state index contributed by atoms with van der Waals surface area (Å²) in [4.78, 5) is 13.1. The van der Waals surface area contributed by atoms with Gasteiger partial charge in [0.25, 0.3) is 0 Å². The van der Waals surface area contributed by atoms with E-state index in [-0.39, 0.29) is 6.61 Å². The number of aliphatic hydroxyl groups excluding tert-OH is 6. The van der Waals surface area contributed by atoms with Crippen molar-refractivity contribution in [1.29, 1.82) is 0 Å². The van der Waals surface area contributed by atoms with Crippen LogP contribution in [0.15, 0.2) is 24.3 Å². The number of carbonyl (C=O) groups excluding carboxylic acids is 1. The van der Waals surface area contributed by atoms with Gasteiger partial charge in [0.05, 0.1) is 25.4 Å². The Balaban J connectivity index is 2.10. The minimum Gasteiger partial charge on any atom is -0.394 e. The van der Waals surface area contributed by atoms with Crippen molar-refractivity contribution in [3.8, 4) is 0 Å². The standard InChI is InChI=1S/C61H117NO9/c1-3-5-7-9-11-13-15-17-18-19-20-21-22-23-24-25-26-27-28-29-30-31-32-33-34-35-36-37-38-40-42-44-46-48-50-55(65)60(69)62-53(52-70-61-59(68)58(67)57(66)56(51-63)71-61)54(64)49-47-45-43-41-39-16-14-12-10-8-6-4-2/h39,41,47,49,53-59,61,63-68H,3-38,40,42-46,48,50-52H2,1-2H3,(H,62,69)/b41-39+,49-47+. The van der Waals surface area contributed by atoms with Crippen molar-refractivity contribution < 1.29 is 44.9 Å². The minimum absolute atomic E-state index is 0.308. The van der Waals surface area contributed by atoms with Crippen LogP contribution in [-0.2, 0) is 14.3 Å². The number of hydrogen-bond acceptors (Lipinski definition) is 9. The number of rotatable bonds is 53. The number of ether oxygens (including phenoxy) is 2. The molecule has 10 nitrogen and oxygen atoms in total. The first-order valence-electron chi connectivity index (χ1n) is 30.7. The number of amides is 1. The number of carbonyl (C=O) groups is 1. The van der Waals surface area contributed by atoms with Crippen LogP contribution in [0.3, 0.4) is 0 Å². The fraction of sp³-hybridized carbons (Fsp3) is 0.918. The smallest absolute Gasteiger partial charge is 0.249 e. The van der Waals surface area contributed by atoms with Gasteiger partial charge < -0.3 is 45.4 Å². The van der Waals surface area contributed by atoms with Gasteiger partial charge in [0, 0.05) is 0 Å². The van der Waals surface area contributed by atoms with Gasteiger partial charge in [0.1, 0.15) is 30.5 Å². The lowest BCUT2D eigenvalue weighted by Crippen LogP contribution is -2.60. The quantitative estimate of drug-likeness (QED) is 0.0232. The van der Waals surface area contributed by atoms with E-state index in [9.17, 15) is 35.4 Å². The van der Waals surface area contributed by atoms with Crippen molar-refractivity contribution in [2.24, 2.45) is 0 Å². The average Bonchev–Trinajstić information content (AvgIpc) is 3.37. The highest BCUT2D eigenvalue weighted by Gasteiger charge is 2.44. The summed E-state index contributed by atoms with van der Waals surface area (Å²) in [5, 5.41) is 64.9. The summed E-state index contributed by atoms with van der Waals surface area (Å²) in [6.07, 6.45) is 54.7. The molecule has 0 aliphatic carbocycles. The van der Waals surface area contributed by atoms with Gasteiger partial charge >= 0.3 is 0 Å². The highest BCUT2D eigenvalue weighted by atomic mass is 16.7. The third kappa shape index (κ3) is 39.7. The van der Waals surface area contributed by atoms with Gasteiger partial charge in [0.15, 0.2) is 6.29 Å². The zero-order chi connectivity index (χ0) is 51.7. The van der Waals surface area contributed by atoms with Crippen LogP contribution in [0.25, 0.3) is 0 Å². The maximum Gasteiger partial charge on any atom is 0.249 e. The number of aliphatic hydroxyl groups is 6. The molecule has 1 aliphatic rings. The van der Waals surface area contributed by atoms with Gasteiger partial charge in [-0.25, -0.2) is 0 Å². The minimum atomic E-state index is -1.61. The normalized spacial score (nSPS) is 19.8. The fourth-order valence-electron chi connectivity index (χ4n) is 9.95. The Morgan fingerprint density at radius 2 is 0.831 bits per heavy atom. The van der Waals surface area contributed by atoms with Crippen molar-refractivity contribution in [3.63, 3.8) is 0 Å². The van der Waals surface area contributed by atoms with Gasteiger partial charge in [-0.05, 0) is 32.1 Å². The summed E-state index contributed by atoms with van der Waals surface area (Å²) in [6.45, 7) is 3.60. The monoisotopic (exact) mass is 1010 g/mol. The van der Waals surface area contributed by atoms with Crippen LogP contribution in [-0.4, -0.2) is 98.7 Å². The Labute approximate surface area is 437 Å². The number of hydrogen-bond donors (Lipinski definition) is 7. The average molecular weight is 1010 g/mol. The lowest BCUT2D eigenvalue weighted by atomic mass is 9.99. The first-order chi connectivity index (χ1) is 34.8. The second kappa shape index (κ2) is 50.8. The molecular weight excluding hydrogens is 891 g/mol. The Morgan fingerprint density at radius 1 is 0.479 bits per heavy atom. The lowest BCUT2D eigenvalue weighted by molar-refractivity contribution is -0.302. The summed E-state index contributed by atoms with van der Waals surface area (Å²) in [5.41, 5.74) is 0. The van der Waals surface area contributed by atoms with Gasteiger partial charge in [-0.2, -0.15) is 0 Å². The molecule has 0 aromatic carbocycles. The molecule has 1 fully saturated rings. The molecule has 8 atom stereocenters. The van der Waals surface area contributed by atoms with Crippen LogP contribution in [0.5, 0.6) is 0 Å². The van der Waals surface area contributed by atoms with E-state index in [1.807, 2.05) is 6.08 Å². The van der Waals surface area contributed by atoms with Crippen molar-refractivity contribution in [2.45, 2.75) is 345 Å². The molecule has 1 aliphatic heterocycles. The molecule has 0 bridgehead atoms. The highest BCUT2D eigenvalue weighted by Crippen LogP contribution is 2.23. The van der Waals surface area contributed by atoms with Gasteiger partial charge in [0.2, 0.25) is 5.91 Å². The lowest BCUT2D eigenvalue weighted by Gasteiger charge is -2.40. The van der Waals surface area contributed by atoms with Gasteiger partial charge in [-0.1, -0.05) is 289 Å². The van der Waals surface area contributed by atoms with Crippen LogP contribution in [0, 0.1) is 0 Å². The summed E-state index contributed by atoms with van der Waals surface area (Å²) < 4.78 is 11.2.